The second kappa shape index (κ2) is 12.9. The maximum atomic E-state index is 13.6. The molecule has 0 spiro atoms. The first-order valence-corrected chi connectivity index (χ1v) is 13.1. The lowest BCUT2D eigenvalue weighted by Gasteiger charge is -2.32. The van der Waals surface area contributed by atoms with E-state index in [4.69, 9.17) is 27.9 Å². The SMILES string of the molecule is O=C(NC1CCCC1)C(Cc1ccccc1)N(Cc1ccc(Cl)c(Cl)c1)C(=O)COc1ccc(F)cc1. The smallest absolute Gasteiger partial charge is 0.261 e. The summed E-state index contributed by atoms with van der Waals surface area (Å²) in [7, 11) is 0. The summed E-state index contributed by atoms with van der Waals surface area (Å²) in [5.41, 5.74) is 1.66. The van der Waals surface area contributed by atoms with Crippen molar-refractivity contribution in [1.29, 1.82) is 0 Å². The van der Waals surface area contributed by atoms with Gasteiger partial charge in [-0.05, 0) is 60.4 Å². The fourth-order valence-corrected chi connectivity index (χ4v) is 4.84. The number of amides is 2. The van der Waals surface area contributed by atoms with Crippen LogP contribution >= 0.6 is 23.2 Å². The van der Waals surface area contributed by atoms with Crippen LogP contribution in [0.5, 0.6) is 5.75 Å². The Bertz CT molecular complexity index is 1200. The van der Waals surface area contributed by atoms with Crippen LogP contribution in [0.3, 0.4) is 0 Å². The Labute approximate surface area is 226 Å². The van der Waals surface area contributed by atoms with Crippen LogP contribution in [0, 0.1) is 5.82 Å². The highest BCUT2D eigenvalue weighted by Crippen LogP contribution is 2.25. The highest BCUT2D eigenvalue weighted by atomic mass is 35.5. The molecule has 1 N–H and O–H groups in total. The van der Waals surface area contributed by atoms with Gasteiger partial charge in [0, 0.05) is 19.0 Å². The minimum atomic E-state index is -0.776. The average molecular weight is 543 g/mol. The molecule has 0 saturated heterocycles. The lowest BCUT2D eigenvalue weighted by Crippen LogP contribution is -2.53. The summed E-state index contributed by atoms with van der Waals surface area (Å²) < 4.78 is 19.0. The molecule has 0 aliphatic heterocycles. The molecule has 0 radical (unpaired) electrons. The number of carbonyl (C=O) groups is 2. The Morgan fingerprint density at radius 2 is 1.65 bits per heavy atom. The molecule has 1 saturated carbocycles. The minimum absolute atomic E-state index is 0.100. The van der Waals surface area contributed by atoms with Gasteiger partial charge < -0.3 is 15.0 Å². The number of benzene rings is 3. The lowest BCUT2D eigenvalue weighted by atomic mass is 10.0. The quantitative estimate of drug-likeness (QED) is 0.331. The van der Waals surface area contributed by atoms with E-state index < -0.39 is 11.9 Å². The van der Waals surface area contributed by atoms with E-state index in [-0.39, 0.29) is 31.0 Å². The number of carbonyl (C=O) groups excluding carboxylic acids is 2. The van der Waals surface area contributed by atoms with Crippen molar-refractivity contribution >= 4 is 35.0 Å². The standard InChI is InChI=1S/C29H29Cl2FN2O3/c30-25-15-10-21(16-26(25)31)18-34(28(35)19-37-24-13-11-22(32)12-14-24)27(17-20-6-2-1-3-7-20)29(36)33-23-8-4-5-9-23/h1-3,6-7,10-16,23,27H,4-5,8-9,17-19H2,(H,33,36). The largest absolute Gasteiger partial charge is 0.484 e. The van der Waals surface area contributed by atoms with Gasteiger partial charge in [-0.3, -0.25) is 9.59 Å². The highest BCUT2D eigenvalue weighted by molar-refractivity contribution is 6.42. The van der Waals surface area contributed by atoms with Crippen LogP contribution in [-0.2, 0) is 22.6 Å². The van der Waals surface area contributed by atoms with Gasteiger partial charge in [0.05, 0.1) is 10.0 Å². The van der Waals surface area contributed by atoms with Crippen molar-refractivity contribution in [2.24, 2.45) is 0 Å². The molecule has 5 nitrogen and oxygen atoms in total. The van der Waals surface area contributed by atoms with E-state index in [1.54, 1.807) is 18.2 Å². The first-order chi connectivity index (χ1) is 17.9. The zero-order valence-corrected chi connectivity index (χ0v) is 21.9. The van der Waals surface area contributed by atoms with E-state index in [9.17, 15) is 14.0 Å². The monoisotopic (exact) mass is 542 g/mol. The van der Waals surface area contributed by atoms with Crippen LogP contribution in [0.4, 0.5) is 4.39 Å². The Hall–Kier alpha value is -3.09. The van der Waals surface area contributed by atoms with Crippen molar-refractivity contribution in [2.45, 2.75) is 50.7 Å². The summed E-state index contributed by atoms with van der Waals surface area (Å²) in [6.45, 7) is -0.174. The maximum Gasteiger partial charge on any atom is 0.261 e. The second-order valence-corrected chi connectivity index (χ2v) is 10.0. The molecule has 0 aromatic heterocycles. The van der Waals surface area contributed by atoms with Crippen molar-refractivity contribution in [3.63, 3.8) is 0 Å². The normalized spacial score (nSPS) is 14.2. The van der Waals surface area contributed by atoms with Gasteiger partial charge in [0.1, 0.15) is 17.6 Å². The van der Waals surface area contributed by atoms with Gasteiger partial charge in [-0.2, -0.15) is 0 Å². The van der Waals surface area contributed by atoms with E-state index in [1.807, 2.05) is 30.3 Å². The third-order valence-corrected chi connectivity index (χ3v) is 7.22. The fraction of sp³-hybridized carbons (Fsp3) is 0.310. The molecule has 194 valence electrons. The summed E-state index contributed by atoms with van der Waals surface area (Å²) in [5, 5.41) is 3.93. The number of hydrogen-bond donors (Lipinski definition) is 1. The summed E-state index contributed by atoms with van der Waals surface area (Å²) >= 11 is 12.3. The van der Waals surface area contributed by atoms with Crippen LogP contribution in [0.2, 0.25) is 10.0 Å². The molecule has 3 aromatic carbocycles. The first-order valence-electron chi connectivity index (χ1n) is 12.3. The van der Waals surface area contributed by atoms with E-state index in [0.717, 1.165) is 36.8 Å². The van der Waals surface area contributed by atoms with Gasteiger partial charge in [-0.1, -0.05) is 72.4 Å². The van der Waals surface area contributed by atoms with Gasteiger partial charge in [-0.15, -0.1) is 0 Å². The van der Waals surface area contributed by atoms with Gasteiger partial charge in [0.25, 0.3) is 5.91 Å². The Morgan fingerprint density at radius 1 is 0.946 bits per heavy atom. The van der Waals surface area contributed by atoms with Crippen LogP contribution in [0.15, 0.2) is 72.8 Å². The molecule has 8 heteroatoms. The molecule has 0 bridgehead atoms. The number of nitrogens with one attached hydrogen (secondary N) is 1. The minimum Gasteiger partial charge on any atom is -0.484 e. The molecule has 1 unspecified atom stereocenters. The number of hydrogen-bond acceptors (Lipinski definition) is 3. The molecular formula is C29H29Cl2FN2O3. The van der Waals surface area contributed by atoms with Crippen molar-refractivity contribution in [3.8, 4) is 5.75 Å². The van der Waals surface area contributed by atoms with E-state index >= 15 is 0 Å². The van der Waals surface area contributed by atoms with E-state index in [1.165, 1.54) is 29.2 Å². The second-order valence-electron chi connectivity index (χ2n) is 9.21. The fourth-order valence-electron chi connectivity index (χ4n) is 4.51. The van der Waals surface area contributed by atoms with Crippen molar-refractivity contribution < 1.29 is 18.7 Å². The molecule has 1 atom stereocenters. The van der Waals surface area contributed by atoms with Crippen LogP contribution in [0.1, 0.15) is 36.8 Å². The summed E-state index contributed by atoms with van der Waals surface area (Å²) in [6.07, 6.45) is 4.34. The Morgan fingerprint density at radius 3 is 2.32 bits per heavy atom. The first kappa shape index (κ1) is 27.0. The Kier molecular flexibility index (Phi) is 9.42. The summed E-state index contributed by atoms with van der Waals surface area (Å²) in [5.74, 6) is -0.616. The summed E-state index contributed by atoms with van der Waals surface area (Å²) in [4.78, 5) is 28.8. The predicted octanol–water partition coefficient (Wildman–Crippen LogP) is 6.21. The molecule has 1 fully saturated rings. The molecule has 1 aliphatic rings. The zero-order chi connectivity index (χ0) is 26.2. The topological polar surface area (TPSA) is 58.6 Å². The number of nitrogens with zero attached hydrogens (tertiary/aromatic N) is 1. The van der Waals surface area contributed by atoms with E-state index in [0.29, 0.717) is 22.2 Å². The molecule has 1 aliphatic carbocycles. The molecule has 4 rings (SSSR count). The van der Waals surface area contributed by atoms with Crippen LogP contribution < -0.4 is 10.1 Å². The van der Waals surface area contributed by atoms with Crippen LogP contribution in [-0.4, -0.2) is 35.4 Å². The van der Waals surface area contributed by atoms with Crippen LogP contribution in [0.25, 0.3) is 0 Å². The molecular weight excluding hydrogens is 514 g/mol. The van der Waals surface area contributed by atoms with Crippen molar-refractivity contribution in [1.82, 2.24) is 10.2 Å². The third-order valence-electron chi connectivity index (χ3n) is 6.49. The predicted molar refractivity (Wildman–Crippen MR) is 143 cm³/mol. The van der Waals surface area contributed by atoms with Crippen molar-refractivity contribution in [2.75, 3.05) is 6.61 Å². The average Bonchev–Trinajstić information content (AvgIpc) is 3.41. The highest BCUT2D eigenvalue weighted by Gasteiger charge is 2.32. The zero-order valence-electron chi connectivity index (χ0n) is 20.3. The number of ether oxygens (including phenoxy) is 1. The third kappa shape index (κ3) is 7.70. The number of halogens is 3. The lowest BCUT2D eigenvalue weighted by molar-refractivity contribution is -0.143. The molecule has 0 heterocycles. The maximum absolute atomic E-state index is 13.6. The van der Waals surface area contributed by atoms with E-state index in [2.05, 4.69) is 5.32 Å². The van der Waals surface area contributed by atoms with Gasteiger partial charge >= 0.3 is 0 Å². The van der Waals surface area contributed by atoms with Gasteiger partial charge in [0.15, 0.2) is 6.61 Å². The van der Waals surface area contributed by atoms with Crippen molar-refractivity contribution in [3.05, 3.63) is 99.8 Å². The van der Waals surface area contributed by atoms with Gasteiger partial charge in [-0.25, -0.2) is 4.39 Å². The molecule has 2 amide bonds. The molecule has 37 heavy (non-hydrogen) atoms. The van der Waals surface area contributed by atoms with Gasteiger partial charge in [0.2, 0.25) is 5.91 Å². The molecule has 3 aromatic rings. The summed E-state index contributed by atoms with van der Waals surface area (Å²) in [6, 6.07) is 19.5. The number of rotatable bonds is 10. The Balaban J connectivity index is 1.62.